The number of hydrogen-bond donors (Lipinski definition) is 1. The largest absolute Gasteiger partial charge is 0.341 e. The normalized spacial score (nSPS) is 41.1. The molecule has 118 valence electrons. The molecule has 3 aliphatic rings. The quantitative estimate of drug-likeness (QED) is 0.513. The average Bonchev–Trinajstić information content (AvgIpc) is 2.93. The molecular formula is C12H20N3O6+. The number of rotatable bonds is 3. The van der Waals surface area contributed by atoms with Crippen molar-refractivity contribution in [1.29, 1.82) is 0 Å². The van der Waals surface area contributed by atoms with E-state index in [4.69, 9.17) is 9.47 Å². The maximum Gasteiger partial charge on any atom is 0.277 e. The zero-order valence-corrected chi connectivity index (χ0v) is 11.9. The van der Waals surface area contributed by atoms with Crippen molar-refractivity contribution in [1.82, 2.24) is 0 Å². The van der Waals surface area contributed by atoms with Crippen LogP contribution in [-0.4, -0.2) is 60.1 Å². The summed E-state index contributed by atoms with van der Waals surface area (Å²) in [5.41, 5.74) is -1.23. The molecule has 1 saturated carbocycles. The van der Waals surface area contributed by atoms with Crippen molar-refractivity contribution in [2.24, 2.45) is 5.92 Å². The summed E-state index contributed by atoms with van der Waals surface area (Å²) >= 11 is 0. The zero-order chi connectivity index (χ0) is 15.3. The van der Waals surface area contributed by atoms with Gasteiger partial charge in [0.2, 0.25) is 5.79 Å². The molecule has 1 spiro atoms. The summed E-state index contributed by atoms with van der Waals surface area (Å²) in [4.78, 5) is 23.4. The minimum Gasteiger partial charge on any atom is -0.341 e. The minimum absolute atomic E-state index is 0.118. The highest BCUT2D eigenvalue weighted by Crippen LogP contribution is 2.47. The molecule has 1 N–H and O–H groups in total. The van der Waals surface area contributed by atoms with Gasteiger partial charge in [-0.3, -0.25) is 20.2 Å². The van der Waals surface area contributed by atoms with Crippen molar-refractivity contribution in [3.05, 3.63) is 20.2 Å². The highest BCUT2D eigenvalue weighted by Gasteiger charge is 2.72. The van der Waals surface area contributed by atoms with E-state index in [9.17, 15) is 20.2 Å². The van der Waals surface area contributed by atoms with Gasteiger partial charge < -0.3 is 14.4 Å². The highest BCUT2D eigenvalue weighted by molar-refractivity contribution is 5.04. The molecule has 1 aliphatic carbocycles. The second kappa shape index (κ2) is 4.85. The Morgan fingerprint density at radius 1 is 1.24 bits per heavy atom. The first-order valence-corrected chi connectivity index (χ1v) is 7.33. The lowest BCUT2D eigenvalue weighted by molar-refractivity contribution is -0.932. The number of hydrogen-bond acceptors (Lipinski definition) is 6. The predicted octanol–water partition coefficient (Wildman–Crippen LogP) is -1.28. The Morgan fingerprint density at radius 2 is 1.90 bits per heavy atom. The number of piperidine rings is 1. The molecule has 0 aromatic heterocycles. The maximum atomic E-state index is 11.6. The third kappa shape index (κ3) is 2.02. The lowest BCUT2D eigenvalue weighted by Crippen LogP contribution is -3.17. The van der Waals surface area contributed by atoms with Gasteiger partial charge in [-0.25, -0.2) is 0 Å². The maximum absolute atomic E-state index is 11.6. The monoisotopic (exact) mass is 302 g/mol. The Kier molecular flexibility index (Phi) is 3.38. The Bertz CT molecular complexity index is 466. The number of ether oxygens (including phenoxy) is 2. The molecule has 0 radical (unpaired) electrons. The van der Waals surface area contributed by atoms with Crippen molar-refractivity contribution in [2.75, 3.05) is 32.8 Å². The van der Waals surface area contributed by atoms with Crippen LogP contribution in [0.1, 0.15) is 19.8 Å². The standard InChI is InChI=1S/C12H19N3O6/c1-2-13-7-9-5-11(8-13,15(18)19)6-10(14(16)17)12(9)20-3-4-21-12/h9-10H,2-8H2,1H3/p+1/t9-,10+,11+/m1/s1. The molecule has 4 atom stereocenters. The Labute approximate surface area is 121 Å². The van der Waals surface area contributed by atoms with Crippen molar-refractivity contribution in [3.63, 3.8) is 0 Å². The number of nitro groups is 2. The van der Waals surface area contributed by atoms with Crippen molar-refractivity contribution >= 4 is 0 Å². The van der Waals surface area contributed by atoms with Crippen LogP contribution in [0, 0.1) is 26.1 Å². The average molecular weight is 302 g/mol. The molecule has 9 nitrogen and oxygen atoms in total. The zero-order valence-electron chi connectivity index (χ0n) is 11.9. The van der Waals surface area contributed by atoms with E-state index in [2.05, 4.69) is 0 Å². The van der Waals surface area contributed by atoms with Gasteiger partial charge in [0.1, 0.15) is 6.54 Å². The molecule has 2 saturated heterocycles. The fraction of sp³-hybridized carbons (Fsp3) is 1.00. The van der Waals surface area contributed by atoms with Crippen LogP contribution in [0.4, 0.5) is 0 Å². The topological polar surface area (TPSA) is 109 Å². The van der Waals surface area contributed by atoms with Crippen LogP contribution < -0.4 is 4.90 Å². The van der Waals surface area contributed by atoms with Gasteiger partial charge in [-0.1, -0.05) is 0 Å². The first-order valence-electron chi connectivity index (χ1n) is 7.33. The lowest BCUT2D eigenvalue weighted by Gasteiger charge is -2.48. The van der Waals surface area contributed by atoms with Crippen molar-refractivity contribution in [2.45, 2.75) is 37.1 Å². The van der Waals surface area contributed by atoms with Gasteiger partial charge in [-0.2, -0.15) is 0 Å². The van der Waals surface area contributed by atoms with Gasteiger partial charge in [0.25, 0.3) is 11.6 Å². The summed E-state index contributed by atoms with van der Waals surface area (Å²) in [7, 11) is 0. The summed E-state index contributed by atoms with van der Waals surface area (Å²) in [6.07, 6.45) is 0.181. The highest BCUT2D eigenvalue weighted by atomic mass is 16.8. The smallest absolute Gasteiger partial charge is 0.277 e. The van der Waals surface area contributed by atoms with E-state index in [1.54, 1.807) is 0 Å². The predicted molar refractivity (Wildman–Crippen MR) is 69.1 cm³/mol. The molecule has 9 heteroatoms. The minimum atomic E-state index is -1.27. The molecular weight excluding hydrogens is 282 g/mol. The number of quaternary nitrogens is 1. The van der Waals surface area contributed by atoms with Gasteiger partial charge in [0, 0.05) is 16.3 Å². The van der Waals surface area contributed by atoms with E-state index in [1.165, 1.54) is 0 Å². The van der Waals surface area contributed by atoms with Gasteiger partial charge in [0.15, 0.2) is 0 Å². The Morgan fingerprint density at radius 3 is 2.43 bits per heavy atom. The van der Waals surface area contributed by atoms with Crippen molar-refractivity contribution in [3.8, 4) is 0 Å². The lowest BCUT2D eigenvalue weighted by atomic mass is 9.67. The van der Waals surface area contributed by atoms with Crippen LogP contribution in [0.2, 0.25) is 0 Å². The number of nitrogens with one attached hydrogen (secondary N) is 1. The third-order valence-electron chi connectivity index (χ3n) is 5.23. The molecule has 2 heterocycles. The number of nitrogens with zero attached hydrogens (tertiary/aromatic N) is 2. The van der Waals surface area contributed by atoms with E-state index in [-0.39, 0.29) is 17.3 Å². The Hall–Kier alpha value is -1.32. The van der Waals surface area contributed by atoms with Gasteiger partial charge in [-0.05, 0) is 6.92 Å². The van der Waals surface area contributed by atoms with E-state index >= 15 is 0 Å². The second-order valence-corrected chi connectivity index (χ2v) is 6.29. The van der Waals surface area contributed by atoms with Crippen LogP contribution in [0.5, 0.6) is 0 Å². The molecule has 0 amide bonds. The third-order valence-corrected chi connectivity index (χ3v) is 5.23. The Balaban J connectivity index is 2.02. The van der Waals surface area contributed by atoms with Gasteiger partial charge >= 0.3 is 0 Å². The molecule has 2 bridgehead atoms. The van der Waals surface area contributed by atoms with Crippen LogP contribution in [0.25, 0.3) is 0 Å². The first kappa shape index (κ1) is 14.6. The van der Waals surface area contributed by atoms with E-state index in [0.717, 1.165) is 11.4 Å². The van der Waals surface area contributed by atoms with Crippen LogP contribution >= 0.6 is 0 Å². The van der Waals surface area contributed by atoms with E-state index < -0.39 is 22.3 Å². The van der Waals surface area contributed by atoms with Crippen LogP contribution in [-0.2, 0) is 9.47 Å². The molecule has 3 rings (SSSR count). The fourth-order valence-corrected chi connectivity index (χ4v) is 4.28. The summed E-state index contributed by atoms with van der Waals surface area (Å²) in [6.45, 7) is 4.31. The van der Waals surface area contributed by atoms with Crippen molar-refractivity contribution < 1.29 is 24.2 Å². The number of likely N-dealkylation sites (N-methyl/N-ethyl adjacent to an activating group) is 1. The summed E-state index contributed by atoms with van der Waals surface area (Å²) < 4.78 is 11.3. The summed E-state index contributed by atoms with van der Waals surface area (Å²) in [6, 6.07) is -1.16. The summed E-state index contributed by atoms with van der Waals surface area (Å²) in [5.74, 6) is -1.58. The second-order valence-electron chi connectivity index (χ2n) is 6.29. The van der Waals surface area contributed by atoms with Gasteiger partial charge in [-0.15, -0.1) is 0 Å². The molecule has 0 aromatic carbocycles. The fourth-order valence-electron chi connectivity index (χ4n) is 4.28. The number of likely N-dealkylation sites (tertiary alicyclic amines) is 1. The van der Waals surface area contributed by atoms with Gasteiger partial charge in [0.05, 0.1) is 38.6 Å². The molecule has 1 unspecified atom stereocenters. The van der Waals surface area contributed by atoms with Crippen LogP contribution in [0.15, 0.2) is 0 Å². The number of fused-ring (bicyclic) bond motifs is 3. The molecule has 3 fully saturated rings. The van der Waals surface area contributed by atoms with E-state index in [1.807, 2.05) is 6.92 Å². The SMILES string of the molecule is CC[NH+]1C[C@H]2C[C@]([N+](=O)[O-])(C[C@H]([N+](=O)[O-])C23OCCO3)C1. The first-order chi connectivity index (χ1) is 9.93. The van der Waals surface area contributed by atoms with E-state index in [0.29, 0.717) is 32.7 Å². The summed E-state index contributed by atoms with van der Waals surface area (Å²) in [5, 5.41) is 23.1. The molecule has 2 aliphatic heterocycles. The molecule has 21 heavy (non-hydrogen) atoms. The van der Waals surface area contributed by atoms with Crippen LogP contribution in [0.3, 0.4) is 0 Å². The molecule has 0 aromatic rings.